The number of carbonyl (C=O) groups excluding carboxylic acids is 1. The van der Waals surface area contributed by atoms with Gasteiger partial charge in [-0.1, -0.05) is 30.3 Å². The highest BCUT2D eigenvalue weighted by Gasteiger charge is 2.29. The van der Waals surface area contributed by atoms with Gasteiger partial charge in [0.1, 0.15) is 0 Å². The number of nitrogens with zero attached hydrogens (tertiary/aromatic N) is 3. The number of piperidine rings is 1. The first kappa shape index (κ1) is 17.4. The third-order valence-corrected chi connectivity index (χ3v) is 5.01. The fourth-order valence-electron chi connectivity index (χ4n) is 3.41. The van der Waals surface area contributed by atoms with E-state index < -0.39 is 0 Å². The third-order valence-electron chi connectivity index (χ3n) is 5.01. The minimum atomic E-state index is -0.0556. The fourth-order valence-corrected chi connectivity index (χ4v) is 3.41. The number of anilines is 1. The van der Waals surface area contributed by atoms with Crippen molar-refractivity contribution in [3.05, 3.63) is 60.4 Å². The van der Waals surface area contributed by atoms with Crippen LogP contribution < -0.4 is 5.32 Å². The zero-order chi connectivity index (χ0) is 17.6. The van der Waals surface area contributed by atoms with Gasteiger partial charge in [0.2, 0.25) is 0 Å². The van der Waals surface area contributed by atoms with Crippen molar-refractivity contribution in [3.63, 3.8) is 0 Å². The number of likely N-dealkylation sites (tertiary alicyclic amines) is 1. The minimum Gasteiger partial charge on any atom is -0.325 e. The smallest absolute Gasteiger partial charge is 0.321 e. The largest absolute Gasteiger partial charge is 0.325 e. The maximum Gasteiger partial charge on any atom is 0.321 e. The number of pyridine rings is 1. The summed E-state index contributed by atoms with van der Waals surface area (Å²) in [5, 5.41) is 2.94. The van der Waals surface area contributed by atoms with Crippen molar-refractivity contribution in [1.29, 1.82) is 0 Å². The summed E-state index contributed by atoms with van der Waals surface area (Å²) in [6.45, 7) is 4.24. The Morgan fingerprint density at radius 2 is 1.96 bits per heavy atom. The molecule has 2 aromatic rings. The van der Waals surface area contributed by atoms with Crippen LogP contribution in [0, 0.1) is 0 Å². The lowest BCUT2D eigenvalue weighted by molar-refractivity contribution is 0.0942. The average molecular weight is 338 g/mol. The van der Waals surface area contributed by atoms with Crippen LogP contribution in [0.25, 0.3) is 0 Å². The van der Waals surface area contributed by atoms with Gasteiger partial charge < -0.3 is 10.2 Å². The van der Waals surface area contributed by atoms with E-state index in [0.29, 0.717) is 6.04 Å². The second kappa shape index (κ2) is 8.12. The standard InChI is InChI=1S/C20H26N4O/c1-16-14-19(10-13-24(16)15-17-6-4-3-5-7-17)23(2)20(25)22-18-8-11-21-12-9-18/h3-9,11-12,16,19H,10,13-15H2,1-2H3,(H,21,22,25)/t16-,19+/m0/s1. The molecule has 2 heterocycles. The molecule has 1 aliphatic rings. The molecule has 1 fully saturated rings. The quantitative estimate of drug-likeness (QED) is 0.927. The highest BCUT2D eigenvalue weighted by Crippen LogP contribution is 2.23. The van der Waals surface area contributed by atoms with Gasteiger partial charge in [-0.3, -0.25) is 9.88 Å². The van der Waals surface area contributed by atoms with Gasteiger partial charge in [0, 0.05) is 50.3 Å². The molecule has 3 rings (SSSR count). The highest BCUT2D eigenvalue weighted by molar-refractivity contribution is 5.89. The number of amides is 2. The minimum absolute atomic E-state index is 0.0556. The molecule has 5 heteroatoms. The summed E-state index contributed by atoms with van der Waals surface area (Å²) in [7, 11) is 1.89. The van der Waals surface area contributed by atoms with Crippen LogP contribution in [-0.2, 0) is 6.54 Å². The van der Waals surface area contributed by atoms with Crippen molar-refractivity contribution < 1.29 is 4.79 Å². The molecule has 1 aromatic heterocycles. The van der Waals surface area contributed by atoms with Crippen molar-refractivity contribution in [2.45, 2.75) is 38.4 Å². The number of hydrogen-bond donors (Lipinski definition) is 1. The van der Waals surface area contributed by atoms with Gasteiger partial charge in [0.15, 0.2) is 0 Å². The summed E-state index contributed by atoms with van der Waals surface area (Å²) in [5.41, 5.74) is 2.12. The molecule has 0 spiro atoms. The summed E-state index contributed by atoms with van der Waals surface area (Å²) in [6.07, 6.45) is 5.35. The van der Waals surface area contributed by atoms with Crippen LogP contribution in [0.2, 0.25) is 0 Å². The Morgan fingerprint density at radius 1 is 1.24 bits per heavy atom. The van der Waals surface area contributed by atoms with Gasteiger partial charge >= 0.3 is 6.03 Å². The number of hydrogen-bond acceptors (Lipinski definition) is 3. The number of rotatable bonds is 4. The maximum absolute atomic E-state index is 12.5. The van der Waals surface area contributed by atoms with E-state index >= 15 is 0 Å². The molecule has 1 saturated heterocycles. The van der Waals surface area contributed by atoms with Crippen molar-refractivity contribution in [1.82, 2.24) is 14.8 Å². The number of carbonyl (C=O) groups is 1. The second-order valence-corrected chi connectivity index (χ2v) is 6.76. The topological polar surface area (TPSA) is 48.5 Å². The van der Waals surface area contributed by atoms with Crippen molar-refractivity contribution in [2.24, 2.45) is 0 Å². The summed E-state index contributed by atoms with van der Waals surface area (Å²) in [4.78, 5) is 20.8. The molecule has 25 heavy (non-hydrogen) atoms. The lowest BCUT2D eigenvalue weighted by atomic mass is 9.96. The van der Waals surface area contributed by atoms with E-state index in [9.17, 15) is 4.79 Å². The molecular formula is C20H26N4O. The summed E-state index contributed by atoms with van der Waals surface area (Å²) < 4.78 is 0. The molecule has 0 aliphatic carbocycles. The highest BCUT2D eigenvalue weighted by atomic mass is 16.2. The van der Waals surface area contributed by atoms with E-state index in [1.807, 2.05) is 11.9 Å². The van der Waals surface area contributed by atoms with E-state index in [2.05, 4.69) is 52.5 Å². The monoisotopic (exact) mass is 338 g/mol. The molecule has 0 bridgehead atoms. The molecule has 0 unspecified atom stereocenters. The zero-order valence-corrected chi connectivity index (χ0v) is 14.9. The molecule has 1 aliphatic heterocycles. The maximum atomic E-state index is 12.5. The SMILES string of the molecule is C[C@H]1C[C@H](N(C)C(=O)Nc2ccncc2)CCN1Cc1ccccc1. The Balaban J connectivity index is 1.54. The Morgan fingerprint density at radius 3 is 2.64 bits per heavy atom. The van der Waals surface area contributed by atoms with Crippen LogP contribution in [0.15, 0.2) is 54.9 Å². The predicted octanol–water partition coefficient (Wildman–Crippen LogP) is 3.60. The number of nitrogens with one attached hydrogen (secondary N) is 1. The van der Waals surface area contributed by atoms with Crippen LogP contribution in [0.3, 0.4) is 0 Å². The summed E-state index contributed by atoms with van der Waals surface area (Å²) >= 11 is 0. The number of benzene rings is 1. The Bertz CT molecular complexity index is 677. The average Bonchev–Trinajstić information content (AvgIpc) is 2.64. The molecule has 0 saturated carbocycles. The van der Waals surface area contributed by atoms with E-state index in [1.165, 1.54) is 5.56 Å². The van der Waals surface area contributed by atoms with Crippen LogP contribution >= 0.6 is 0 Å². The fraction of sp³-hybridized carbons (Fsp3) is 0.400. The van der Waals surface area contributed by atoms with E-state index in [4.69, 9.17) is 0 Å². The first-order valence-corrected chi connectivity index (χ1v) is 8.85. The van der Waals surface area contributed by atoms with Crippen molar-refractivity contribution in [2.75, 3.05) is 18.9 Å². The van der Waals surface area contributed by atoms with Gasteiger partial charge in [0.05, 0.1) is 0 Å². The molecule has 5 nitrogen and oxygen atoms in total. The number of aromatic nitrogens is 1. The normalized spacial score (nSPS) is 20.9. The van der Waals surface area contributed by atoms with Crippen LogP contribution in [0.1, 0.15) is 25.3 Å². The second-order valence-electron chi connectivity index (χ2n) is 6.76. The van der Waals surface area contributed by atoms with E-state index in [-0.39, 0.29) is 12.1 Å². The molecule has 0 radical (unpaired) electrons. The number of urea groups is 1. The first-order valence-electron chi connectivity index (χ1n) is 8.85. The lowest BCUT2D eigenvalue weighted by Gasteiger charge is -2.41. The van der Waals surface area contributed by atoms with Gasteiger partial charge in [-0.15, -0.1) is 0 Å². The van der Waals surface area contributed by atoms with Gasteiger partial charge in [-0.05, 0) is 37.5 Å². The van der Waals surface area contributed by atoms with Crippen molar-refractivity contribution >= 4 is 11.7 Å². The van der Waals surface area contributed by atoms with Gasteiger partial charge in [-0.25, -0.2) is 4.79 Å². The molecule has 2 atom stereocenters. The molecule has 1 aromatic carbocycles. The Hall–Kier alpha value is -2.40. The van der Waals surface area contributed by atoms with E-state index in [1.54, 1.807) is 24.5 Å². The summed E-state index contributed by atoms with van der Waals surface area (Å²) in [5.74, 6) is 0. The summed E-state index contributed by atoms with van der Waals surface area (Å²) in [6, 6.07) is 14.8. The lowest BCUT2D eigenvalue weighted by Crippen LogP contribution is -2.50. The Kier molecular flexibility index (Phi) is 5.66. The van der Waals surface area contributed by atoms with Gasteiger partial charge in [-0.2, -0.15) is 0 Å². The molecule has 132 valence electrons. The molecule has 1 N–H and O–H groups in total. The van der Waals surface area contributed by atoms with Crippen LogP contribution in [-0.4, -0.2) is 46.5 Å². The third kappa shape index (κ3) is 4.57. The first-order chi connectivity index (χ1) is 12.1. The molecular weight excluding hydrogens is 312 g/mol. The van der Waals surface area contributed by atoms with Crippen LogP contribution in [0.4, 0.5) is 10.5 Å². The van der Waals surface area contributed by atoms with Crippen molar-refractivity contribution in [3.8, 4) is 0 Å². The zero-order valence-electron chi connectivity index (χ0n) is 14.9. The predicted molar refractivity (Wildman–Crippen MR) is 100 cm³/mol. The van der Waals surface area contributed by atoms with Gasteiger partial charge in [0.25, 0.3) is 0 Å². The van der Waals surface area contributed by atoms with Crippen LogP contribution in [0.5, 0.6) is 0 Å². The molecule has 2 amide bonds. The Labute approximate surface area is 149 Å². The van der Waals surface area contributed by atoms with E-state index in [0.717, 1.165) is 31.6 Å².